The molecule has 0 aromatic heterocycles. The highest BCUT2D eigenvalue weighted by Gasteiger charge is 2.25. The molecule has 1 fully saturated rings. The summed E-state index contributed by atoms with van der Waals surface area (Å²) in [5.41, 5.74) is 8.45. The quantitative estimate of drug-likeness (QED) is 0.884. The number of benzene rings is 2. The lowest BCUT2D eigenvalue weighted by Crippen LogP contribution is -2.36. The van der Waals surface area contributed by atoms with Gasteiger partial charge in [-0.3, -0.25) is 9.69 Å². The van der Waals surface area contributed by atoms with Crippen molar-refractivity contribution < 1.29 is 4.79 Å². The summed E-state index contributed by atoms with van der Waals surface area (Å²) in [4.78, 5) is 17.2. The number of anilines is 1. The van der Waals surface area contributed by atoms with Crippen molar-refractivity contribution >= 4 is 11.6 Å². The van der Waals surface area contributed by atoms with Crippen LogP contribution in [-0.2, 0) is 6.54 Å². The first-order chi connectivity index (χ1) is 11.6. The van der Waals surface area contributed by atoms with Crippen LogP contribution >= 0.6 is 0 Å². The fourth-order valence-electron chi connectivity index (χ4n) is 3.22. The van der Waals surface area contributed by atoms with Crippen LogP contribution in [0.25, 0.3) is 0 Å². The van der Waals surface area contributed by atoms with E-state index in [0.717, 1.165) is 32.6 Å². The van der Waals surface area contributed by atoms with E-state index in [1.165, 1.54) is 5.56 Å². The molecular weight excluding hydrogens is 298 g/mol. The zero-order valence-corrected chi connectivity index (χ0v) is 14.2. The normalized spacial score (nSPS) is 19.0. The molecule has 24 heavy (non-hydrogen) atoms. The maximum absolute atomic E-state index is 12.8. The highest BCUT2D eigenvalue weighted by Crippen LogP contribution is 2.18. The molecule has 2 aromatic rings. The minimum atomic E-state index is 0.0434. The monoisotopic (exact) mass is 323 g/mol. The fraction of sp³-hybridized carbons (Fsp3) is 0.350. The van der Waals surface area contributed by atoms with Crippen molar-refractivity contribution in [1.82, 2.24) is 9.80 Å². The molecule has 0 radical (unpaired) electrons. The number of para-hydroxylation sites is 1. The van der Waals surface area contributed by atoms with Gasteiger partial charge >= 0.3 is 0 Å². The molecule has 3 rings (SSSR count). The molecule has 2 aromatic carbocycles. The van der Waals surface area contributed by atoms with E-state index < -0.39 is 0 Å². The van der Waals surface area contributed by atoms with Crippen LogP contribution in [0.2, 0.25) is 0 Å². The highest BCUT2D eigenvalue weighted by molar-refractivity contribution is 5.99. The molecule has 0 spiro atoms. The molecule has 1 aliphatic rings. The van der Waals surface area contributed by atoms with E-state index in [1.807, 2.05) is 29.2 Å². The molecule has 0 aliphatic carbocycles. The van der Waals surface area contributed by atoms with Crippen LogP contribution in [0.1, 0.15) is 29.3 Å². The first kappa shape index (κ1) is 16.5. The Balaban J connectivity index is 1.68. The smallest absolute Gasteiger partial charge is 0.255 e. The molecule has 126 valence electrons. The third kappa shape index (κ3) is 3.77. The van der Waals surface area contributed by atoms with Gasteiger partial charge in [-0.2, -0.15) is 0 Å². The summed E-state index contributed by atoms with van der Waals surface area (Å²) in [7, 11) is 0. The van der Waals surface area contributed by atoms with Gasteiger partial charge in [0.1, 0.15) is 0 Å². The predicted octanol–water partition coefficient (Wildman–Crippen LogP) is 3.01. The Morgan fingerprint density at radius 2 is 1.75 bits per heavy atom. The summed E-state index contributed by atoms with van der Waals surface area (Å²) in [6.45, 7) is 5.57. The molecule has 1 heterocycles. The molecule has 1 aliphatic heterocycles. The molecule has 4 nitrogen and oxygen atoms in total. The van der Waals surface area contributed by atoms with Crippen LogP contribution in [0, 0.1) is 0 Å². The third-order valence-electron chi connectivity index (χ3n) is 4.80. The minimum absolute atomic E-state index is 0.0434. The van der Waals surface area contributed by atoms with Crippen molar-refractivity contribution in [1.29, 1.82) is 0 Å². The number of hydrogen-bond donors (Lipinski definition) is 1. The van der Waals surface area contributed by atoms with Crippen molar-refractivity contribution in [3.63, 3.8) is 0 Å². The molecule has 0 saturated carbocycles. The number of hydrogen-bond acceptors (Lipinski definition) is 3. The molecule has 4 heteroatoms. The first-order valence-electron chi connectivity index (χ1n) is 8.57. The number of nitrogens with two attached hydrogens (primary N) is 1. The van der Waals surface area contributed by atoms with Crippen LogP contribution in [0.15, 0.2) is 54.6 Å². The molecule has 0 bridgehead atoms. The second-order valence-corrected chi connectivity index (χ2v) is 6.47. The second kappa shape index (κ2) is 7.49. The average Bonchev–Trinajstić information content (AvgIpc) is 2.78. The lowest BCUT2D eigenvalue weighted by atomic mass is 10.1. The number of carbonyl (C=O) groups excluding carboxylic acids is 1. The molecule has 1 saturated heterocycles. The van der Waals surface area contributed by atoms with E-state index in [4.69, 9.17) is 5.73 Å². The van der Waals surface area contributed by atoms with Gasteiger partial charge in [0.25, 0.3) is 5.91 Å². The van der Waals surface area contributed by atoms with Gasteiger partial charge in [0.2, 0.25) is 0 Å². The number of amides is 1. The van der Waals surface area contributed by atoms with Crippen molar-refractivity contribution in [3.8, 4) is 0 Å². The Morgan fingerprint density at radius 3 is 2.50 bits per heavy atom. The third-order valence-corrected chi connectivity index (χ3v) is 4.80. The Labute approximate surface area is 143 Å². The highest BCUT2D eigenvalue weighted by atomic mass is 16.2. The summed E-state index contributed by atoms with van der Waals surface area (Å²) in [5, 5.41) is 0. The average molecular weight is 323 g/mol. The van der Waals surface area contributed by atoms with E-state index in [1.54, 1.807) is 6.07 Å². The van der Waals surface area contributed by atoms with Crippen molar-refractivity contribution in [2.75, 3.05) is 25.4 Å². The van der Waals surface area contributed by atoms with E-state index in [0.29, 0.717) is 17.3 Å². The van der Waals surface area contributed by atoms with Crippen molar-refractivity contribution in [3.05, 3.63) is 65.7 Å². The van der Waals surface area contributed by atoms with Crippen LogP contribution in [0.3, 0.4) is 0 Å². The zero-order valence-electron chi connectivity index (χ0n) is 14.2. The lowest BCUT2D eigenvalue weighted by molar-refractivity contribution is 0.0762. The van der Waals surface area contributed by atoms with Gasteiger partial charge in [-0.15, -0.1) is 0 Å². The summed E-state index contributed by atoms with van der Waals surface area (Å²) >= 11 is 0. The lowest BCUT2D eigenvalue weighted by Gasteiger charge is -2.26. The molecule has 2 N–H and O–H groups in total. The van der Waals surface area contributed by atoms with E-state index in [-0.39, 0.29) is 5.91 Å². The number of rotatable bonds is 3. The van der Waals surface area contributed by atoms with Gasteiger partial charge < -0.3 is 10.6 Å². The maximum Gasteiger partial charge on any atom is 0.255 e. The first-order valence-corrected chi connectivity index (χ1v) is 8.57. The number of carbonyl (C=O) groups is 1. The summed E-state index contributed by atoms with van der Waals surface area (Å²) in [5.74, 6) is 0.0434. The Bertz CT molecular complexity index is 686. The standard InChI is InChI=1S/C20H25N3O/c1-16-11-12-22(20(24)18-9-5-6-10-19(18)21)13-14-23(16)15-17-7-3-2-4-8-17/h2-10,16H,11-15,21H2,1H3. The molecule has 1 atom stereocenters. The summed E-state index contributed by atoms with van der Waals surface area (Å²) in [6.07, 6.45) is 0.977. The van der Waals surface area contributed by atoms with E-state index in [2.05, 4.69) is 36.1 Å². The van der Waals surface area contributed by atoms with Crippen LogP contribution in [0.4, 0.5) is 5.69 Å². The fourth-order valence-corrected chi connectivity index (χ4v) is 3.22. The second-order valence-electron chi connectivity index (χ2n) is 6.47. The Kier molecular flexibility index (Phi) is 5.16. The van der Waals surface area contributed by atoms with E-state index >= 15 is 0 Å². The Hall–Kier alpha value is -2.33. The Morgan fingerprint density at radius 1 is 1.04 bits per heavy atom. The molecule has 1 unspecified atom stereocenters. The van der Waals surface area contributed by atoms with Gasteiger partial charge in [-0.05, 0) is 31.0 Å². The van der Waals surface area contributed by atoms with Gasteiger partial charge in [0, 0.05) is 37.9 Å². The SMILES string of the molecule is CC1CCN(C(=O)c2ccccc2N)CCN1Cc1ccccc1. The van der Waals surface area contributed by atoms with Crippen molar-refractivity contribution in [2.45, 2.75) is 25.9 Å². The zero-order chi connectivity index (χ0) is 16.9. The van der Waals surface area contributed by atoms with Crippen LogP contribution in [-0.4, -0.2) is 41.4 Å². The van der Waals surface area contributed by atoms with E-state index in [9.17, 15) is 4.79 Å². The summed E-state index contributed by atoms with van der Waals surface area (Å²) < 4.78 is 0. The maximum atomic E-state index is 12.8. The van der Waals surface area contributed by atoms with Crippen LogP contribution < -0.4 is 5.73 Å². The van der Waals surface area contributed by atoms with Gasteiger partial charge in [-0.25, -0.2) is 0 Å². The summed E-state index contributed by atoms with van der Waals surface area (Å²) in [6, 6.07) is 18.3. The minimum Gasteiger partial charge on any atom is -0.398 e. The number of nitrogens with zero attached hydrogens (tertiary/aromatic N) is 2. The predicted molar refractivity (Wildman–Crippen MR) is 97.7 cm³/mol. The topological polar surface area (TPSA) is 49.6 Å². The van der Waals surface area contributed by atoms with Crippen molar-refractivity contribution in [2.24, 2.45) is 0 Å². The number of nitrogen functional groups attached to an aromatic ring is 1. The largest absolute Gasteiger partial charge is 0.398 e. The van der Waals surface area contributed by atoms with Crippen LogP contribution in [0.5, 0.6) is 0 Å². The van der Waals surface area contributed by atoms with Gasteiger partial charge in [0.05, 0.1) is 5.56 Å². The molecule has 1 amide bonds. The van der Waals surface area contributed by atoms with Gasteiger partial charge in [-0.1, -0.05) is 42.5 Å². The molecular formula is C20H25N3O. The van der Waals surface area contributed by atoms with Gasteiger partial charge in [0.15, 0.2) is 0 Å².